The first-order chi connectivity index (χ1) is 10.3. The van der Waals surface area contributed by atoms with Gasteiger partial charge in [-0.1, -0.05) is 30.3 Å². The van der Waals surface area contributed by atoms with Gasteiger partial charge in [-0.25, -0.2) is 0 Å². The summed E-state index contributed by atoms with van der Waals surface area (Å²) in [6, 6.07) is 10.8. The van der Waals surface area contributed by atoms with E-state index in [0.29, 0.717) is 6.61 Å². The van der Waals surface area contributed by atoms with Crippen LogP contribution in [0.15, 0.2) is 30.3 Å². The monoisotopic (exact) mass is 287 g/mol. The summed E-state index contributed by atoms with van der Waals surface area (Å²) >= 11 is 0. The van der Waals surface area contributed by atoms with Crippen molar-refractivity contribution >= 4 is 6.29 Å². The second kappa shape index (κ2) is 6.71. The van der Waals surface area contributed by atoms with Gasteiger partial charge >= 0.3 is 0 Å². The molecule has 1 atom stereocenters. The van der Waals surface area contributed by atoms with Crippen molar-refractivity contribution in [3.8, 4) is 0 Å². The smallest absolute Gasteiger partial charge is 0.129 e. The zero-order valence-corrected chi connectivity index (χ0v) is 12.7. The number of benzene rings is 1. The van der Waals surface area contributed by atoms with Crippen molar-refractivity contribution in [2.75, 3.05) is 32.8 Å². The number of carbonyl (C=O) groups excluding carboxylic acids is 1. The zero-order valence-electron chi connectivity index (χ0n) is 12.7. The van der Waals surface area contributed by atoms with Crippen molar-refractivity contribution in [2.45, 2.75) is 25.7 Å². The van der Waals surface area contributed by atoms with Gasteiger partial charge in [0.2, 0.25) is 0 Å². The summed E-state index contributed by atoms with van der Waals surface area (Å²) in [6.45, 7) is 4.47. The molecule has 3 heteroatoms. The maximum Gasteiger partial charge on any atom is 0.129 e. The molecule has 0 amide bonds. The van der Waals surface area contributed by atoms with Crippen LogP contribution < -0.4 is 0 Å². The Labute approximate surface area is 127 Å². The standard InChI is InChI=1S/C18H25NO2/c20-14-18(8-11-21-15-18)13-19-9-6-17(7-10-19)12-16-4-2-1-3-5-16/h1-5,14,17H,6-13,15H2. The van der Waals surface area contributed by atoms with Crippen LogP contribution in [0.2, 0.25) is 0 Å². The van der Waals surface area contributed by atoms with Crippen LogP contribution in [0, 0.1) is 11.3 Å². The summed E-state index contributed by atoms with van der Waals surface area (Å²) in [4.78, 5) is 13.9. The van der Waals surface area contributed by atoms with E-state index in [1.165, 1.54) is 24.8 Å². The molecule has 2 aliphatic rings. The highest BCUT2D eigenvalue weighted by molar-refractivity contribution is 5.60. The van der Waals surface area contributed by atoms with E-state index < -0.39 is 0 Å². The van der Waals surface area contributed by atoms with Crippen LogP contribution >= 0.6 is 0 Å². The van der Waals surface area contributed by atoms with Crippen molar-refractivity contribution in [1.29, 1.82) is 0 Å². The highest BCUT2D eigenvalue weighted by Crippen LogP contribution is 2.30. The lowest BCUT2D eigenvalue weighted by molar-refractivity contribution is -0.117. The van der Waals surface area contributed by atoms with Gasteiger partial charge in [-0.3, -0.25) is 0 Å². The van der Waals surface area contributed by atoms with Gasteiger partial charge in [0.1, 0.15) is 6.29 Å². The topological polar surface area (TPSA) is 29.5 Å². The van der Waals surface area contributed by atoms with E-state index in [1.54, 1.807) is 0 Å². The fourth-order valence-corrected chi connectivity index (χ4v) is 3.62. The van der Waals surface area contributed by atoms with E-state index in [4.69, 9.17) is 4.74 Å². The first-order valence-corrected chi connectivity index (χ1v) is 8.10. The lowest BCUT2D eigenvalue weighted by atomic mass is 9.86. The van der Waals surface area contributed by atoms with Gasteiger partial charge in [-0.2, -0.15) is 0 Å². The van der Waals surface area contributed by atoms with Gasteiger partial charge < -0.3 is 14.4 Å². The Hall–Kier alpha value is -1.19. The van der Waals surface area contributed by atoms with Crippen LogP contribution in [-0.4, -0.2) is 44.0 Å². The SMILES string of the molecule is O=CC1(CN2CCC(Cc3ccccc3)CC2)CCOC1. The van der Waals surface area contributed by atoms with E-state index in [2.05, 4.69) is 35.2 Å². The average Bonchev–Trinajstić information content (AvgIpc) is 2.99. The van der Waals surface area contributed by atoms with Crippen LogP contribution in [0.4, 0.5) is 0 Å². The fraction of sp³-hybridized carbons (Fsp3) is 0.611. The van der Waals surface area contributed by atoms with Crippen LogP contribution in [-0.2, 0) is 16.0 Å². The average molecular weight is 287 g/mol. The minimum Gasteiger partial charge on any atom is -0.380 e. The Morgan fingerprint density at radius 2 is 2.00 bits per heavy atom. The molecule has 1 aromatic carbocycles. The molecule has 2 saturated heterocycles. The Kier molecular flexibility index (Phi) is 4.71. The third kappa shape index (κ3) is 3.72. The minimum atomic E-state index is -0.230. The third-order valence-electron chi connectivity index (χ3n) is 5.00. The van der Waals surface area contributed by atoms with Crippen molar-refractivity contribution in [3.63, 3.8) is 0 Å². The molecule has 3 nitrogen and oxygen atoms in total. The maximum absolute atomic E-state index is 11.4. The molecule has 0 saturated carbocycles. The number of aldehydes is 1. The zero-order chi connectivity index (χ0) is 14.5. The number of piperidine rings is 1. The molecule has 2 aliphatic heterocycles. The van der Waals surface area contributed by atoms with Crippen molar-refractivity contribution in [3.05, 3.63) is 35.9 Å². The fourth-order valence-electron chi connectivity index (χ4n) is 3.62. The van der Waals surface area contributed by atoms with Crippen LogP contribution in [0.25, 0.3) is 0 Å². The molecule has 0 N–H and O–H groups in total. The Morgan fingerprint density at radius 3 is 2.62 bits per heavy atom. The summed E-state index contributed by atoms with van der Waals surface area (Å²) in [6.07, 6.45) is 5.70. The molecule has 2 fully saturated rings. The summed E-state index contributed by atoms with van der Waals surface area (Å²) in [7, 11) is 0. The molecular formula is C18H25NO2. The number of carbonyl (C=O) groups is 1. The molecule has 2 heterocycles. The predicted octanol–water partition coefficient (Wildman–Crippen LogP) is 2.55. The molecule has 0 spiro atoms. The molecule has 0 bridgehead atoms. The molecule has 0 aromatic heterocycles. The predicted molar refractivity (Wildman–Crippen MR) is 83.2 cm³/mol. The molecule has 0 radical (unpaired) electrons. The second-order valence-corrected chi connectivity index (χ2v) is 6.69. The first-order valence-electron chi connectivity index (χ1n) is 8.10. The third-order valence-corrected chi connectivity index (χ3v) is 5.00. The molecule has 3 rings (SSSR count). The van der Waals surface area contributed by atoms with Crippen molar-refractivity contribution in [2.24, 2.45) is 11.3 Å². The highest BCUT2D eigenvalue weighted by atomic mass is 16.5. The molecule has 21 heavy (non-hydrogen) atoms. The summed E-state index contributed by atoms with van der Waals surface area (Å²) in [5.74, 6) is 0.788. The second-order valence-electron chi connectivity index (χ2n) is 6.69. The summed E-state index contributed by atoms with van der Waals surface area (Å²) in [5.41, 5.74) is 1.22. The minimum absolute atomic E-state index is 0.230. The lowest BCUT2D eigenvalue weighted by Gasteiger charge is -2.36. The van der Waals surface area contributed by atoms with Gasteiger partial charge in [0.05, 0.1) is 12.0 Å². The van der Waals surface area contributed by atoms with Crippen LogP contribution in [0.5, 0.6) is 0 Å². The van der Waals surface area contributed by atoms with Crippen LogP contribution in [0.3, 0.4) is 0 Å². The van der Waals surface area contributed by atoms with Gasteiger partial charge in [0.15, 0.2) is 0 Å². The van der Waals surface area contributed by atoms with Crippen molar-refractivity contribution < 1.29 is 9.53 Å². The molecule has 114 valence electrons. The molecule has 0 aliphatic carbocycles. The highest BCUT2D eigenvalue weighted by Gasteiger charge is 2.37. The molecule has 1 unspecified atom stereocenters. The number of hydrogen-bond acceptors (Lipinski definition) is 3. The van der Waals surface area contributed by atoms with E-state index in [9.17, 15) is 4.79 Å². The molecule has 1 aromatic rings. The quantitative estimate of drug-likeness (QED) is 0.780. The number of ether oxygens (including phenoxy) is 1. The van der Waals surface area contributed by atoms with E-state index in [0.717, 1.165) is 44.9 Å². The number of nitrogens with zero attached hydrogens (tertiary/aromatic N) is 1. The van der Waals surface area contributed by atoms with Gasteiger partial charge in [0.25, 0.3) is 0 Å². The Morgan fingerprint density at radius 1 is 1.24 bits per heavy atom. The van der Waals surface area contributed by atoms with E-state index in [-0.39, 0.29) is 5.41 Å². The van der Waals surface area contributed by atoms with E-state index >= 15 is 0 Å². The largest absolute Gasteiger partial charge is 0.380 e. The van der Waals surface area contributed by atoms with Crippen LogP contribution in [0.1, 0.15) is 24.8 Å². The molecular weight excluding hydrogens is 262 g/mol. The number of likely N-dealkylation sites (tertiary alicyclic amines) is 1. The van der Waals surface area contributed by atoms with Gasteiger partial charge in [-0.05, 0) is 50.3 Å². The Bertz CT molecular complexity index is 446. The number of rotatable bonds is 5. The lowest BCUT2D eigenvalue weighted by Crippen LogP contribution is -2.43. The van der Waals surface area contributed by atoms with Gasteiger partial charge in [-0.15, -0.1) is 0 Å². The maximum atomic E-state index is 11.4. The Balaban J connectivity index is 1.48. The van der Waals surface area contributed by atoms with E-state index in [1.807, 2.05) is 0 Å². The van der Waals surface area contributed by atoms with Gasteiger partial charge in [0, 0.05) is 13.2 Å². The van der Waals surface area contributed by atoms with Crippen molar-refractivity contribution in [1.82, 2.24) is 4.90 Å². The number of hydrogen-bond donors (Lipinski definition) is 0. The first kappa shape index (κ1) is 14.7. The summed E-state index contributed by atoms with van der Waals surface area (Å²) < 4.78 is 5.44. The normalized spacial score (nSPS) is 27.8. The summed E-state index contributed by atoms with van der Waals surface area (Å²) in [5, 5.41) is 0.